The van der Waals surface area contributed by atoms with Crippen LogP contribution in [0.25, 0.3) is 11.0 Å². The van der Waals surface area contributed by atoms with Crippen molar-refractivity contribution in [2.75, 3.05) is 25.1 Å². The summed E-state index contributed by atoms with van der Waals surface area (Å²) in [6.45, 7) is 0.194. The zero-order valence-corrected chi connectivity index (χ0v) is 10.0. The number of hydrogen-bond donors (Lipinski definition) is 4. The van der Waals surface area contributed by atoms with E-state index in [1.165, 1.54) is 0 Å². The predicted octanol–water partition coefficient (Wildman–Crippen LogP) is -0.196. The van der Waals surface area contributed by atoms with Gasteiger partial charge >= 0.3 is 5.69 Å². The number of aromatic amines is 2. The highest BCUT2D eigenvalue weighted by atomic mass is 16.5. The maximum absolute atomic E-state index is 12.1. The molecular weight excluding hydrogens is 250 g/mol. The molecule has 2 heterocycles. The monoisotopic (exact) mass is 263 g/mol. The van der Waals surface area contributed by atoms with Crippen molar-refractivity contribution in [1.29, 1.82) is 0 Å². The normalized spacial score (nSPS) is 17.1. The summed E-state index contributed by atoms with van der Waals surface area (Å²) < 4.78 is 4.99. The van der Waals surface area contributed by atoms with Crippen molar-refractivity contribution in [3.8, 4) is 0 Å². The van der Waals surface area contributed by atoms with Crippen molar-refractivity contribution in [2.24, 2.45) is 5.41 Å². The Kier molecular flexibility index (Phi) is 2.65. The topological polar surface area (TPSA) is 107 Å². The number of H-pyrrole nitrogens is 2. The quantitative estimate of drug-likeness (QED) is 0.615. The predicted molar refractivity (Wildman–Crippen MR) is 67.9 cm³/mol. The first kappa shape index (κ1) is 11.9. The second kappa shape index (κ2) is 4.22. The molecule has 1 amide bonds. The lowest BCUT2D eigenvalue weighted by atomic mass is 9.86. The van der Waals surface area contributed by atoms with Gasteiger partial charge in [-0.1, -0.05) is 0 Å². The second-order valence-corrected chi connectivity index (χ2v) is 4.72. The minimum absolute atomic E-state index is 0.221. The van der Waals surface area contributed by atoms with E-state index < -0.39 is 5.41 Å². The molecule has 0 radical (unpaired) electrons. The Balaban J connectivity index is 1.84. The van der Waals surface area contributed by atoms with E-state index >= 15 is 0 Å². The number of rotatable bonds is 3. The first-order valence-corrected chi connectivity index (χ1v) is 5.85. The van der Waals surface area contributed by atoms with Crippen LogP contribution in [0.1, 0.15) is 0 Å². The standard InChI is InChI=1S/C12H13N3O4/c16-4-12(5-19-6-12)10(17)13-7-1-2-8-9(3-7)15-11(18)14-8/h1-3,16H,4-6H2,(H,13,17)(H2,14,15,18). The Hall–Kier alpha value is -2.12. The molecule has 0 atom stereocenters. The number of fused-ring (bicyclic) bond motifs is 1. The van der Waals surface area contributed by atoms with E-state index in [0.717, 1.165) is 0 Å². The molecule has 1 fully saturated rings. The number of anilines is 1. The van der Waals surface area contributed by atoms with Crippen molar-refractivity contribution in [3.63, 3.8) is 0 Å². The van der Waals surface area contributed by atoms with Crippen LogP contribution in [0.4, 0.5) is 5.69 Å². The van der Waals surface area contributed by atoms with Gasteiger partial charge in [-0.15, -0.1) is 0 Å². The molecule has 100 valence electrons. The molecule has 1 aromatic carbocycles. The fourth-order valence-corrected chi connectivity index (χ4v) is 2.02. The van der Waals surface area contributed by atoms with Crippen molar-refractivity contribution < 1.29 is 14.6 Å². The Bertz CT molecular complexity index is 678. The number of aliphatic hydroxyl groups excluding tert-OH is 1. The summed E-state index contributed by atoms with van der Waals surface area (Å²) >= 11 is 0. The molecule has 7 heteroatoms. The molecule has 1 aliphatic rings. The van der Waals surface area contributed by atoms with Crippen LogP contribution in [0.2, 0.25) is 0 Å². The van der Waals surface area contributed by atoms with Crippen LogP contribution in [0.5, 0.6) is 0 Å². The van der Waals surface area contributed by atoms with Gasteiger partial charge in [0.15, 0.2) is 0 Å². The summed E-state index contributed by atoms with van der Waals surface area (Å²) in [6, 6.07) is 5.05. The number of aliphatic hydroxyl groups is 1. The van der Waals surface area contributed by atoms with Gasteiger partial charge in [-0.25, -0.2) is 4.79 Å². The molecule has 0 spiro atoms. The number of ether oxygens (including phenoxy) is 1. The maximum Gasteiger partial charge on any atom is 0.323 e. The molecule has 0 aliphatic carbocycles. The van der Waals surface area contributed by atoms with Crippen molar-refractivity contribution in [1.82, 2.24) is 9.97 Å². The van der Waals surface area contributed by atoms with E-state index in [9.17, 15) is 14.7 Å². The van der Waals surface area contributed by atoms with E-state index in [1.807, 2.05) is 0 Å². The number of imidazole rings is 1. The molecule has 19 heavy (non-hydrogen) atoms. The summed E-state index contributed by atoms with van der Waals surface area (Å²) in [5, 5.41) is 12.0. The largest absolute Gasteiger partial charge is 0.395 e. The highest BCUT2D eigenvalue weighted by Gasteiger charge is 2.45. The minimum Gasteiger partial charge on any atom is -0.395 e. The SMILES string of the molecule is O=C(Nc1ccc2[nH]c(=O)[nH]c2c1)C1(CO)COC1. The number of carbonyl (C=O) groups excluding carboxylic acids is 1. The fraction of sp³-hybridized carbons (Fsp3) is 0.333. The van der Waals surface area contributed by atoms with Crippen LogP contribution in [0.15, 0.2) is 23.0 Å². The number of nitrogens with one attached hydrogen (secondary N) is 3. The van der Waals surface area contributed by atoms with E-state index in [0.29, 0.717) is 16.7 Å². The van der Waals surface area contributed by atoms with E-state index in [-0.39, 0.29) is 31.4 Å². The van der Waals surface area contributed by atoms with E-state index in [2.05, 4.69) is 15.3 Å². The van der Waals surface area contributed by atoms with Gasteiger partial charge in [0.2, 0.25) is 5.91 Å². The minimum atomic E-state index is -0.847. The van der Waals surface area contributed by atoms with Crippen molar-refractivity contribution in [2.45, 2.75) is 0 Å². The van der Waals surface area contributed by atoms with Crippen LogP contribution in [-0.2, 0) is 9.53 Å². The first-order valence-electron chi connectivity index (χ1n) is 5.85. The molecular formula is C12H13N3O4. The zero-order chi connectivity index (χ0) is 13.5. The highest BCUT2D eigenvalue weighted by Crippen LogP contribution is 2.28. The molecule has 2 aromatic rings. The highest BCUT2D eigenvalue weighted by molar-refractivity contribution is 5.97. The van der Waals surface area contributed by atoms with Crippen LogP contribution < -0.4 is 11.0 Å². The molecule has 3 rings (SSSR count). The molecule has 0 saturated carbocycles. The van der Waals surface area contributed by atoms with Gasteiger partial charge in [-0.05, 0) is 18.2 Å². The Labute approximate surface area is 107 Å². The van der Waals surface area contributed by atoms with Gasteiger partial charge in [0, 0.05) is 5.69 Å². The molecule has 1 aliphatic heterocycles. The average Bonchev–Trinajstić information content (AvgIpc) is 2.67. The Morgan fingerprint density at radius 2 is 2.11 bits per heavy atom. The number of aromatic nitrogens is 2. The average molecular weight is 263 g/mol. The third-order valence-electron chi connectivity index (χ3n) is 3.31. The van der Waals surface area contributed by atoms with Crippen molar-refractivity contribution >= 4 is 22.6 Å². The van der Waals surface area contributed by atoms with E-state index in [4.69, 9.17) is 4.74 Å². The van der Waals surface area contributed by atoms with Gasteiger partial charge < -0.3 is 25.1 Å². The van der Waals surface area contributed by atoms with Crippen LogP contribution >= 0.6 is 0 Å². The first-order chi connectivity index (χ1) is 9.13. The van der Waals surface area contributed by atoms with Crippen molar-refractivity contribution in [3.05, 3.63) is 28.7 Å². The molecule has 7 nitrogen and oxygen atoms in total. The molecule has 0 unspecified atom stereocenters. The lowest BCUT2D eigenvalue weighted by molar-refractivity contribution is -0.164. The van der Waals surface area contributed by atoms with Crippen LogP contribution in [0.3, 0.4) is 0 Å². The molecule has 1 saturated heterocycles. The second-order valence-electron chi connectivity index (χ2n) is 4.72. The molecule has 0 bridgehead atoms. The van der Waals surface area contributed by atoms with Crippen LogP contribution in [-0.4, -0.2) is 40.8 Å². The number of benzene rings is 1. The fourth-order valence-electron chi connectivity index (χ4n) is 2.02. The lowest BCUT2D eigenvalue weighted by Crippen LogP contribution is -2.54. The zero-order valence-electron chi connectivity index (χ0n) is 10.0. The smallest absolute Gasteiger partial charge is 0.323 e. The third-order valence-corrected chi connectivity index (χ3v) is 3.31. The summed E-state index contributed by atoms with van der Waals surface area (Å²) in [5.74, 6) is -0.279. The summed E-state index contributed by atoms with van der Waals surface area (Å²) in [6.07, 6.45) is 0. The summed E-state index contributed by atoms with van der Waals surface area (Å²) in [4.78, 5) is 28.4. The Morgan fingerprint density at radius 1 is 1.37 bits per heavy atom. The van der Waals surface area contributed by atoms with E-state index in [1.54, 1.807) is 18.2 Å². The number of carbonyl (C=O) groups is 1. The Morgan fingerprint density at radius 3 is 2.74 bits per heavy atom. The van der Waals surface area contributed by atoms with Gasteiger partial charge in [-0.2, -0.15) is 0 Å². The van der Waals surface area contributed by atoms with Crippen LogP contribution in [0, 0.1) is 5.41 Å². The van der Waals surface area contributed by atoms with Gasteiger partial charge in [0.05, 0.1) is 30.9 Å². The summed E-state index contributed by atoms with van der Waals surface area (Å²) in [7, 11) is 0. The van der Waals surface area contributed by atoms with Gasteiger partial charge in [0.1, 0.15) is 5.41 Å². The molecule has 1 aromatic heterocycles. The summed E-state index contributed by atoms with van der Waals surface area (Å²) in [5.41, 5.74) is 0.711. The number of amides is 1. The maximum atomic E-state index is 12.1. The van der Waals surface area contributed by atoms with Gasteiger partial charge in [0.25, 0.3) is 0 Å². The number of hydrogen-bond acceptors (Lipinski definition) is 4. The molecule has 4 N–H and O–H groups in total. The van der Waals surface area contributed by atoms with Gasteiger partial charge in [-0.3, -0.25) is 4.79 Å². The third kappa shape index (κ3) is 1.92. The lowest BCUT2D eigenvalue weighted by Gasteiger charge is -2.37.